The molecule has 1 aromatic carbocycles. The van der Waals surface area contributed by atoms with Crippen molar-refractivity contribution in [3.63, 3.8) is 0 Å². The zero-order valence-electron chi connectivity index (χ0n) is 10.6. The molecular weight excluding hydrogens is 240 g/mol. The molecule has 0 atom stereocenters. The number of nitrogens with zero attached hydrogens (tertiary/aromatic N) is 4. The molecule has 0 unspecified atom stereocenters. The van der Waals surface area contributed by atoms with Crippen LogP contribution in [0, 0.1) is 22.7 Å². The minimum absolute atomic E-state index is 0.215. The fourth-order valence-corrected chi connectivity index (χ4v) is 1.57. The lowest BCUT2D eigenvalue weighted by Crippen LogP contribution is -1.96. The molecule has 0 aliphatic rings. The maximum atomic E-state index is 8.58. The molecule has 0 radical (unpaired) electrons. The molecule has 6 nitrogen and oxygen atoms in total. The lowest BCUT2D eigenvalue weighted by atomic mass is 10.2. The van der Waals surface area contributed by atoms with Crippen LogP contribution in [0.2, 0.25) is 0 Å². The van der Waals surface area contributed by atoms with Crippen LogP contribution >= 0.6 is 0 Å². The third-order valence-electron chi connectivity index (χ3n) is 2.56. The molecule has 0 saturated heterocycles. The number of aromatic nitrogens is 2. The van der Waals surface area contributed by atoms with Gasteiger partial charge in [-0.25, -0.2) is 4.98 Å². The highest BCUT2D eigenvalue weighted by Gasteiger charge is 2.06. The van der Waals surface area contributed by atoms with Crippen LogP contribution in [-0.2, 0) is 0 Å². The number of H-pyrrole nitrogens is 1. The molecule has 0 fully saturated rings. The van der Waals surface area contributed by atoms with Crippen molar-refractivity contribution in [2.75, 3.05) is 5.43 Å². The molecule has 1 heterocycles. The molecule has 0 aliphatic heterocycles. The minimum atomic E-state index is -0.215. The van der Waals surface area contributed by atoms with E-state index in [0.29, 0.717) is 11.6 Å². The van der Waals surface area contributed by atoms with Gasteiger partial charge in [-0.1, -0.05) is 13.8 Å². The van der Waals surface area contributed by atoms with Gasteiger partial charge in [0.05, 0.1) is 16.7 Å². The van der Waals surface area contributed by atoms with Gasteiger partial charge in [0.2, 0.25) is 5.71 Å². The quantitative estimate of drug-likeness (QED) is 0.647. The van der Waals surface area contributed by atoms with Crippen LogP contribution < -0.4 is 5.43 Å². The molecule has 0 aliphatic carbocycles. The highest BCUT2D eigenvalue weighted by molar-refractivity contribution is 6.10. The van der Waals surface area contributed by atoms with Gasteiger partial charge in [0.15, 0.2) is 0 Å². The molecule has 6 heteroatoms. The Morgan fingerprint density at radius 3 is 2.74 bits per heavy atom. The number of hydrogen-bond donors (Lipinski definition) is 2. The number of hydrogen-bond acceptors (Lipinski definition) is 5. The monoisotopic (exact) mass is 252 g/mol. The Kier molecular flexibility index (Phi) is 3.44. The van der Waals surface area contributed by atoms with E-state index in [-0.39, 0.29) is 5.71 Å². The van der Waals surface area contributed by atoms with Gasteiger partial charge < -0.3 is 4.98 Å². The molecule has 1 aromatic heterocycles. The van der Waals surface area contributed by atoms with Gasteiger partial charge in [-0.3, -0.25) is 5.43 Å². The normalized spacial score (nSPS) is 9.95. The zero-order chi connectivity index (χ0) is 13.8. The van der Waals surface area contributed by atoms with Crippen LogP contribution in [0.4, 0.5) is 5.69 Å². The third kappa shape index (κ3) is 2.70. The van der Waals surface area contributed by atoms with E-state index in [2.05, 4.69) is 34.3 Å². The summed E-state index contributed by atoms with van der Waals surface area (Å²) in [7, 11) is 0. The van der Waals surface area contributed by atoms with E-state index in [0.717, 1.165) is 16.9 Å². The summed E-state index contributed by atoms with van der Waals surface area (Å²) in [6.07, 6.45) is 0. The predicted molar refractivity (Wildman–Crippen MR) is 72.5 cm³/mol. The van der Waals surface area contributed by atoms with Gasteiger partial charge in [0.25, 0.3) is 0 Å². The molecule has 0 saturated carbocycles. The Balaban J connectivity index is 2.30. The molecule has 0 bridgehead atoms. The fraction of sp³-hybridized carbons (Fsp3) is 0.231. The van der Waals surface area contributed by atoms with Crippen molar-refractivity contribution in [2.24, 2.45) is 5.10 Å². The number of rotatable bonds is 3. The molecular formula is C13H12N6. The van der Waals surface area contributed by atoms with E-state index in [1.165, 1.54) is 0 Å². The number of imidazole rings is 1. The van der Waals surface area contributed by atoms with E-state index in [1.807, 2.05) is 12.1 Å². The molecule has 0 spiro atoms. The van der Waals surface area contributed by atoms with E-state index >= 15 is 0 Å². The van der Waals surface area contributed by atoms with Crippen LogP contribution in [0.3, 0.4) is 0 Å². The Labute approximate surface area is 110 Å². The maximum absolute atomic E-state index is 8.58. The van der Waals surface area contributed by atoms with Crippen molar-refractivity contribution >= 4 is 22.4 Å². The van der Waals surface area contributed by atoms with Crippen LogP contribution in [0.1, 0.15) is 25.6 Å². The number of fused-ring (bicyclic) bond motifs is 1. The Morgan fingerprint density at radius 2 is 2.11 bits per heavy atom. The molecule has 2 N–H and O–H groups in total. The predicted octanol–water partition coefficient (Wildman–Crippen LogP) is 2.50. The lowest BCUT2D eigenvalue weighted by molar-refractivity contribution is 0.799. The highest BCUT2D eigenvalue weighted by Crippen LogP contribution is 2.20. The number of aromatic amines is 1. The van der Waals surface area contributed by atoms with Crippen molar-refractivity contribution < 1.29 is 0 Å². The molecule has 94 valence electrons. The molecule has 2 aromatic rings. The van der Waals surface area contributed by atoms with Gasteiger partial charge in [0.1, 0.15) is 18.0 Å². The van der Waals surface area contributed by atoms with Gasteiger partial charge >= 0.3 is 0 Å². The van der Waals surface area contributed by atoms with Crippen LogP contribution in [-0.4, -0.2) is 15.7 Å². The molecule has 19 heavy (non-hydrogen) atoms. The van der Waals surface area contributed by atoms with Crippen molar-refractivity contribution in [1.82, 2.24) is 9.97 Å². The van der Waals surface area contributed by atoms with Crippen LogP contribution in [0.5, 0.6) is 0 Å². The summed E-state index contributed by atoms with van der Waals surface area (Å²) < 4.78 is 0. The number of anilines is 1. The smallest absolute Gasteiger partial charge is 0.237 e. The topological polar surface area (TPSA) is 101 Å². The van der Waals surface area contributed by atoms with E-state index < -0.39 is 0 Å². The average Bonchev–Trinajstić information content (AvgIpc) is 2.83. The first-order chi connectivity index (χ1) is 9.13. The summed E-state index contributed by atoms with van der Waals surface area (Å²) in [5.41, 5.74) is 4.91. The second-order valence-electron chi connectivity index (χ2n) is 4.30. The van der Waals surface area contributed by atoms with Gasteiger partial charge in [-0.05, 0) is 18.2 Å². The second-order valence-corrected chi connectivity index (χ2v) is 4.30. The fourth-order valence-electron chi connectivity index (χ4n) is 1.57. The van der Waals surface area contributed by atoms with Crippen molar-refractivity contribution in [3.8, 4) is 12.1 Å². The third-order valence-corrected chi connectivity index (χ3v) is 2.56. The lowest BCUT2D eigenvalue weighted by Gasteiger charge is -1.98. The van der Waals surface area contributed by atoms with Crippen molar-refractivity contribution in [2.45, 2.75) is 19.8 Å². The summed E-state index contributed by atoms with van der Waals surface area (Å²) in [4.78, 5) is 7.68. The summed E-state index contributed by atoms with van der Waals surface area (Å²) >= 11 is 0. The van der Waals surface area contributed by atoms with Gasteiger partial charge in [-0.2, -0.15) is 15.6 Å². The second kappa shape index (κ2) is 5.19. The van der Waals surface area contributed by atoms with Crippen molar-refractivity contribution in [1.29, 1.82) is 10.5 Å². The Morgan fingerprint density at radius 1 is 1.37 bits per heavy atom. The molecule has 2 rings (SSSR count). The summed E-state index contributed by atoms with van der Waals surface area (Å²) in [5, 5.41) is 20.9. The van der Waals surface area contributed by atoms with Gasteiger partial charge in [-0.15, -0.1) is 0 Å². The first kappa shape index (κ1) is 12.6. The summed E-state index contributed by atoms with van der Waals surface area (Å²) in [5.74, 6) is 1.25. The van der Waals surface area contributed by atoms with Crippen molar-refractivity contribution in [3.05, 3.63) is 24.0 Å². The zero-order valence-corrected chi connectivity index (χ0v) is 10.6. The van der Waals surface area contributed by atoms with Gasteiger partial charge in [0, 0.05) is 5.92 Å². The largest absolute Gasteiger partial charge is 0.342 e. The first-order valence-electron chi connectivity index (χ1n) is 5.77. The van der Waals surface area contributed by atoms with E-state index in [9.17, 15) is 0 Å². The highest BCUT2D eigenvalue weighted by atomic mass is 15.3. The van der Waals surface area contributed by atoms with E-state index in [4.69, 9.17) is 10.5 Å². The molecule has 0 amide bonds. The summed E-state index contributed by atoms with van der Waals surface area (Å²) in [6, 6.07) is 8.86. The average molecular weight is 252 g/mol. The SMILES string of the molecule is CC(C)c1nc2ccc(NN=C(C#N)C#N)cc2[nH]1. The number of hydrazone groups is 1. The number of benzene rings is 1. The number of nitrogens with one attached hydrogen (secondary N) is 2. The standard InChI is InChI=1S/C13H12N6/c1-8(2)13-16-11-4-3-9(5-12(11)17-13)18-19-10(6-14)7-15/h3-5,8,18H,1-2H3,(H,16,17). The van der Waals surface area contributed by atoms with E-state index in [1.54, 1.807) is 18.2 Å². The summed E-state index contributed by atoms with van der Waals surface area (Å²) in [6.45, 7) is 4.13. The first-order valence-corrected chi connectivity index (χ1v) is 5.77. The Hall–Kier alpha value is -2.86. The minimum Gasteiger partial charge on any atom is -0.342 e. The van der Waals surface area contributed by atoms with Crippen LogP contribution in [0.15, 0.2) is 23.3 Å². The number of nitriles is 2. The van der Waals surface area contributed by atoms with Crippen LogP contribution in [0.25, 0.3) is 11.0 Å². The maximum Gasteiger partial charge on any atom is 0.237 e. The Bertz CT molecular complexity index is 695.